The molecule has 0 saturated heterocycles. The van der Waals surface area contributed by atoms with Crippen LogP contribution < -0.4 is 11.1 Å². The van der Waals surface area contributed by atoms with Gasteiger partial charge in [0.1, 0.15) is 0 Å². The van der Waals surface area contributed by atoms with E-state index in [9.17, 15) is 0 Å². The average Bonchev–Trinajstić information content (AvgIpc) is 2.28. The second kappa shape index (κ2) is 5.56. The summed E-state index contributed by atoms with van der Waals surface area (Å²) in [6.45, 7) is 0.755. The highest BCUT2D eigenvalue weighted by molar-refractivity contribution is 9.10. The van der Waals surface area contributed by atoms with Gasteiger partial charge in [-0.2, -0.15) is 0 Å². The van der Waals surface area contributed by atoms with E-state index in [0.29, 0.717) is 0 Å². The van der Waals surface area contributed by atoms with Gasteiger partial charge in [0.25, 0.3) is 0 Å². The van der Waals surface area contributed by atoms with Gasteiger partial charge in [-0.15, -0.1) is 0 Å². The molecule has 3 N–H and O–H groups in total. The Balaban J connectivity index is 2.07. The molecule has 0 spiro atoms. The Morgan fingerprint density at radius 3 is 2.47 bits per heavy atom. The van der Waals surface area contributed by atoms with Crippen molar-refractivity contribution in [2.24, 2.45) is 0 Å². The Bertz CT molecular complexity index is 527. The second-order valence-corrected chi connectivity index (χ2v) is 5.55. The van der Waals surface area contributed by atoms with E-state index >= 15 is 0 Å². The SMILES string of the molecule is Nc1cc(Br)ccc1NCc1cccc(Br)c1. The minimum absolute atomic E-state index is 0.745. The molecule has 2 rings (SSSR count). The minimum atomic E-state index is 0.745. The number of nitrogen functional groups attached to an aromatic ring is 1. The summed E-state index contributed by atoms with van der Waals surface area (Å²) in [4.78, 5) is 0. The predicted octanol–water partition coefficient (Wildman–Crippen LogP) is 4.41. The van der Waals surface area contributed by atoms with Crippen LogP contribution in [0.2, 0.25) is 0 Å². The normalized spacial score (nSPS) is 10.2. The lowest BCUT2D eigenvalue weighted by atomic mass is 10.2. The molecule has 0 heterocycles. The highest BCUT2D eigenvalue weighted by Crippen LogP contribution is 2.23. The van der Waals surface area contributed by atoms with Crippen molar-refractivity contribution in [3.8, 4) is 0 Å². The fraction of sp³-hybridized carbons (Fsp3) is 0.0769. The first-order valence-electron chi connectivity index (χ1n) is 5.18. The summed E-state index contributed by atoms with van der Waals surface area (Å²) < 4.78 is 2.07. The van der Waals surface area contributed by atoms with Crippen molar-refractivity contribution in [2.45, 2.75) is 6.54 Å². The monoisotopic (exact) mass is 354 g/mol. The lowest BCUT2D eigenvalue weighted by molar-refractivity contribution is 1.15. The van der Waals surface area contributed by atoms with Crippen molar-refractivity contribution in [1.82, 2.24) is 0 Å². The molecule has 0 radical (unpaired) electrons. The summed E-state index contributed by atoms with van der Waals surface area (Å²) in [5.74, 6) is 0. The molecule has 4 heteroatoms. The third-order valence-corrected chi connectivity index (χ3v) is 3.37. The lowest BCUT2D eigenvalue weighted by Gasteiger charge is -2.09. The van der Waals surface area contributed by atoms with Gasteiger partial charge in [-0.05, 0) is 35.9 Å². The van der Waals surface area contributed by atoms with Crippen LogP contribution in [0.3, 0.4) is 0 Å². The average molecular weight is 356 g/mol. The molecule has 0 amide bonds. The number of hydrogen-bond donors (Lipinski definition) is 2. The molecule has 0 aliphatic rings. The van der Waals surface area contributed by atoms with Crippen molar-refractivity contribution >= 4 is 43.2 Å². The quantitative estimate of drug-likeness (QED) is 0.800. The second-order valence-electron chi connectivity index (χ2n) is 3.72. The van der Waals surface area contributed by atoms with E-state index in [4.69, 9.17) is 5.73 Å². The van der Waals surface area contributed by atoms with Crippen molar-refractivity contribution in [2.75, 3.05) is 11.1 Å². The topological polar surface area (TPSA) is 38.0 Å². The van der Waals surface area contributed by atoms with E-state index in [-0.39, 0.29) is 0 Å². The molecule has 0 saturated carbocycles. The first kappa shape index (κ1) is 12.5. The first-order valence-corrected chi connectivity index (χ1v) is 6.77. The fourth-order valence-corrected chi connectivity index (χ4v) is 2.36. The van der Waals surface area contributed by atoms with Crippen LogP contribution in [0.25, 0.3) is 0 Å². The number of rotatable bonds is 3. The van der Waals surface area contributed by atoms with E-state index in [2.05, 4.69) is 49.3 Å². The van der Waals surface area contributed by atoms with Crippen LogP contribution in [0, 0.1) is 0 Å². The van der Waals surface area contributed by atoms with Crippen molar-refractivity contribution in [1.29, 1.82) is 0 Å². The van der Waals surface area contributed by atoms with Gasteiger partial charge in [-0.1, -0.05) is 44.0 Å². The molecular formula is C13H12Br2N2. The van der Waals surface area contributed by atoms with Crippen molar-refractivity contribution < 1.29 is 0 Å². The first-order chi connectivity index (χ1) is 8.15. The van der Waals surface area contributed by atoms with E-state index in [0.717, 1.165) is 26.9 Å². The molecule has 0 aliphatic carbocycles. The predicted molar refractivity (Wildman–Crippen MR) is 80.0 cm³/mol. The zero-order valence-electron chi connectivity index (χ0n) is 9.08. The summed E-state index contributed by atoms with van der Waals surface area (Å²) in [5, 5.41) is 3.32. The van der Waals surface area contributed by atoms with Crippen LogP contribution in [0.5, 0.6) is 0 Å². The Hall–Kier alpha value is -1.00. The largest absolute Gasteiger partial charge is 0.397 e. The van der Waals surface area contributed by atoms with E-state index < -0.39 is 0 Å². The van der Waals surface area contributed by atoms with Gasteiger partial charge in [0.05, 0.1) is 11.4 Å². The molecule has 0 unspecified atom stereocenters. The highest BCUT2D eigenvalue weighted by atomic mass is 79.9. The number of nitrogens with one attached hydrogen (secondary N) is 1. The third-order valence-electron chi connectivity index (χ3n) is 2.39. The summed E-state index contributed by atoms with van der Waals surface area (Å²) in [6, 6.07) is 14.0. The zero-order chi connectivity index (χ0) is 12.3. The number of hydrogen-bond acceptors (Lipinski definition) is 2. The van der Waals surface area contributed by atoms with Gasteiger partial charge in [0.15, 0.2) is 0 Å². The summed E-state index contributed by atoms with van der Waals surface area (Å²) in [7, 11) is 0. The molecule has 88 valence electrons. The summed E-state index contributed by atoms with van der Waals surface area (Å²) >= 11 is 6.84. The molecule has 0 aromatic heterocycles. The van der Waals surface area contributed by atoms with Gasteiger partial charge < -0.3 is 11.1 Å². The standard InChI is InChI=1S/C13H12Br2N2/c14-10-3-1-2-9(6-10)8-17-13-5-4-11(15)7-12(13)16/h1-7,17H,8,16H2. The van der Waals surface area contributed by atoms with Crippen LogP contribution in [0.1, 0.15) is 5.56 Å². The summed E-state index contributed by atoms with van der Waals surface area (Å²) in [5.41, 5.74) is 8.82. The lowest BCUT2D eigenvalue weighted by Crippen LogP contribution is -2.02. The van der Waals surface area contributed by atoms with E-state index in [1.165, 1.54) is 5.56 Å². The molecule has 0 fully saturated rings. The van der Waals surface area contributed by atoms with Crippen LogP contribution in [-0.4, -0.2) is 0 Å². The van der Waals surface area contributed by atoms with Gasteiger partial charge >= 0.3 is 0 Å². The van der Waals surface area contributed by atoms with Gasteiger partial charge in [-0.3, -0.25) is 0 Å². The molecule has 2 nitrogen and oxygen atoms in total. The molecular weight excluding hydrogens is 344 g/mol. The van der Waals surface area contributed by atoms with Crippen molar-refractivity contribution in [3.63, 3.8) is 0 Å². The molecule has 0 bridgehead atoms. The van der Waals surface area contributed by atoms with Crippen LogP contribution in [-0.2, 0) is 6.54 Å². The maximum Gasteiger partial charge on any atom is 0.0577 e. The summed E-state index contributed by atoms with van der Waals surface area (Å²) in [6.07, 6.45) is 0. The minimum Gasteiger partial charge on any atom is -0.397 e. The van der Waals surface area contributed by atoms with Crippen LogP contribution in [0.15, 0.2) is 51.4 Å². The van der Waals surface area contributed by atoms with Gasteiger partial charge in [0, 0.05) is 15.5 Å². The van der Waals surface area contributed by atoms with Gasteiger partial charge in [-0.25, -0.2) is 0 Å². The molecule has 2 aromatic rings. The smallest absolute Gasteiger partial charge is 0.0577 e. The third kappa shape index (κ3) is 3.48. The number of halogens is 2. The molecule has 17 heavy (non-hydrogen) atoms. The number of nitrogens with two attached hydrogens (primary N) is 1. The maximum absolute atomic E-state index is 5.91. The molecule has 0 atom stereocenters. The fourth-order valence-electron chi connectivity index (χ4n) is 1.54. The number of benzene rings is 2. The van der Waals surface area contributed by atoms with Crippen LogP contribution in [0.4, 0.5) is 11.4 Å². The molecule has 0 aliphatic heterocycles. The Kier molecular flexibility index (Phi) is 4.07. The zero-order valence-corrected chi connectivity index (χ0v) is 12.3. The molecule has 2 aromatic carbocycles. The Labute approximate surface area is 117 Å². The van der Waals surface area contributed by atoms with Gasteiger partial charge in [0.2, 0.25) is 0 Å². The highest BCUT2D eigenvalue weighted by Gasteiger charge is 2.00. The van der Waals surface area contributed by atoms with Crippen molar-refractivity contribution in [3.05, 3.63) is 57.0 Å². The van der Waals surface area contributed by atoms with E-state index in [1.54, 1.807) is 0 Å². The Morgan fingerprint density at radius 2 is 1.76 bits per heavy atom. The number of anilines is 2. The van der Waals surface area contributed by atoms with Crippen LogP contribution >= 0.6 is 31.9 Å². The maximum atomic E-state index is 5.91. The Morgan fingerprint density at radius 1 is 1.00 bits per heavy atom. The van der Waals surface area contributed by atoms with E-state index in [1.807, 2.05) is 30.3 Å².